The average Bonchev–Trinajstić information content (AvgIpc) is 2.70. The first-order chi connectivity index (χ1) is 13.0. The van der Waals surface area contributed by atoms with Crippen LogP contribution in [0.25, 0.3) is 0 Å². The zero-order valence-corrected chi connectivity index (χ0v) is 15.5. The molecule has 7 heteroatoms. The number of hydrogen-bond donors (Lipinski definition) is 1. The van der Waals surface area contributed by atoms with Gasteiger partial charge >= 0.3 is 5.97 Å². The van der Waals surface area contributed by atoms with Crippen LogP contribution in [0.2, 0.25) is 0 Å². The van der Waals surface area contributed by atoms with Crippen molar-refractivity contribution in [1.29, 1.82) is 5.26 Å². The number of rotatable bonds is 8. The van der Waals surface area contributed by atoms with E-state index < -0.39 is 18.5 Å². The fourth-order valence-electron chi connectivity index (χ4n) is 2.22. The molecule has 0 atom stereocenters. The van der Waals surface area contributed by atoms with Crippen molar-refractivity contribution in [2.24, 2.45) is 0 Å². The molecule has 0 fully saturated rings. The van der Waals surface area contributed by atoms with Gasteiger partial charge in [0, 0.05) is 22.6 Å². The molecule has 0 bridgehead atoms. The van der Waals surface area contributed by atoms with Crippen LogP contribution in [-0.2, 0) is 14.3 Å². The summed E-state index contributed by atoms with van der Waals surface area (Å²) in [5.74, 6) is -1.29. The second-order valence-electron chi connectivity index (χ2n) is 5.55. The molecule has 0 aromatic heterocycles. The molecule has 0 unspecified atom stereocenters. The number of anilines is 1. The van der Waals surface area contributed by atoms with Crippen molar-refractivity contribution in [3.63, 3.8) is 0 Å². The smallest absolute Gasteiger partial charge is 0.306 e. The first-order valence-electron chi connectivity index (χ1n) is 8.14. The molecule has 0 spiro atoms. The standard InChI is InChI=1S/C20H18N2O4S/c1-27-17-7-5-15(6-8-17)18(23)9-10-20(25)26-13-19(24)22-16-4-2-3-14(11-16)12-21/h2-8,11H,9-10,13H2,1H3,(H,22,24). The Morgan fingerprint density at radius 3 is 2.52 bits per heavy atom. The van der Waals surface area contributed by atoms with Crippen molar-refractivity contribution in [1.82, 2.24) is 0 Å². The Morgan fingerprint density at radius 2 is 1.85 bits per heavy atom. The van der Waals surface area contributed by atoms with E-state index in [0.29, 0.717) is 16.8 Å². The molecule has 6 nitrogen and oxygen atoms in total. The molecular weight excluding hydrogens is 364 g/mol. The van der Waals surface area contributed by atoms with E-state index in [4.69, 9.17) is 10.00 Å². The highest BCUT2D eigenvalue weighted by Crippen LogP contribution is 2.16. The minimum Gasteiger partial charge on any atom is -0.456 e. The highest BCUT2D eigenvalue weighted by atomic mass is 32.2. The van der Waals surface area contributed by atoms with Gasteiger partial charge in [-0.05, 0) is 36.6 Å². The Bertz CT molecular complexity index is 872. The van der Waals surface area contributed by atoms with Crippen LogP contribution in [0, 0.1) is 11.3 Å². The molecule has 0 saturated carbocycles. The summed E-state index contributed by atoms with van der Waals surface area (Å²) in [5.41, 5.74) is 1.39. The lowest BCUT2D eigenvalue weighted by molar-refractivity contribution is -0.147. The number of amides is 1. The minimum absolute atomic E-state index is 0.0171. The molecule has 0 aliphatic carbocycles. The lowest BCUT2D eigenvalue weighted by atomic mass is 10.1. The summed E-state index contributed by atoms with van der Waals surface area (Å²) in [7, 11) is 0. The number of esters is 1. The van der Waals surface area contributed by atoms with Crippen LogP contribution in [0.15, 0.2) is 53.4 Å². The van der Waals surface area contributed by atoms with E-state index in [1.54, 1.807) is 42.1 Å². The number of benzene rings is 2. The van der Waals surface area contributed by atoms with Gasteiger partial charge in [-0.25, -0.2) is 0 Å². The van der Waals surface area contributed by atoms with Crippen molar-refractivity contribution in [3.8, 4) is 6.07 Å². The molecule has 0 aliphatic heterocycles. The van der Waals surface area contributed by atoms with Gasteiger partial charge in [-0.2, -0.15) is 5.26 Å². The number of carbonyl (C=O) groups excluding carboxylic acids is 3. The third-order valence-corrected chi connectivity index (χ3v) is 4.35. The van der Waals surface area contributed by atoms with Crippen molar-refractivity contribution in [2.45, 2.75) is 17.7 Å². The molecule has 1 amide bonds. The van der Waals surface area contributed by atoms with Gasteiger partial charge in [-0.1, -0.05) is 18.2 Å². The molecule has 2 aromatic rings. The maximum Gasteiger partial charge on any atom is 0.306 e. The van der Waals surface area contributed by atoms with Crippen LogP contribution in [-0.4, -0.2) is 30.5 Å². The summed E-state index contributed by atoms with van der Waals surface area (Å²) < 4.78 is 4.88. The van der Waals surface area contributed by atoms with Gasteiger partial charge in [0.15, 0.2) is 12.4 Å². The number of carbonyl (C=O) groups is 3. The third-order valence-electron chi connectivity index (χ3n) is 3.61. The Balaban J connectivity index is 1.74. The minimum atomic E-state index is -0.620. The first-order valence-corrected chi connectivity index (χ1v) is 9.37. The Labute approximate surface area is 161 Å². The van der Waals surface area contributed by atoms with Gasteiger partial charge in [0.25, 0.3) is 5.91 Å². The zero-order chi connectivity index (χ0) is 19.6. The van der Waals surface area contributed by atoms with E-state index in [1.807, 2.05) is 24.5 Å². The molecule has 0 radical (unpaired) electrons. The lowest BCUT2D eigenvalue weighted by Crippen LogP contribution is -2.21. The monoisotopic (exact) mass is 382 g/mol. The summed E-state index contributed by atoms with van der Waals surface area (Å²) in [5, 5.41) is 11.4. The average molecular weight is 382 g/mol. The first kappa shape index (κ1) is 20.2. The van der Waals surface area contributed by atoms with Gasteiger partial charge in [0.1, 0.15) is 0 Å². The topological polar surface area (TPSA) is 96.3 Å². The quantitative estimate of drug-likeness (QED) is 0.427. The van der Waals surface area contributed by atoms with Crippen LogP contribution >= 0.6 is 11.8 Å². The normalized spacial score (nSPS) is 9.93. The zero-order valence-electron chi connectivity index (χ0n) is 14.7. The summed E-state index contributed by atoms with van der Waals surface area (Å²) >= 11 is 1.58. The van der Waals surface area contributed by atoms with E-state index in [-0.39, 0.29) is 18.6 Å². The fourth-order valence-corrected chi connectivity index (χ4v) is 2.63. The Morgan fingerprint density at radius 1 is 1.11 bits per heavy atom. The maximum atomic E-state index is 12.1. The van der Waals surface area contributed by atoms with Gasteiger partial charge in [-0.15, -0.1) is 11.8 Å². The fraction of sp³-hybridized carbons (Fsp3) is 0.200. The largest absolute Gasteiger partial charge is 0.456 e. The van der Waals surface area contributed by atoms with Gasteiger partial charge in [-0.3, -0.25) is 14.4 Å². The molecule has 1 N–H and O–H groups in total. The molecule has 138 valence electrons. The van der Waals surface area contributed by atoms with E-state index in [1.165, 1.54) is 6.07 Å². The predicted molar refractivity (Wildman–Crippen MR) is 103 cm³/mol. The maximum absolute atomic E-state index is 12.1. The molecule has 2 aromatic carbocycles. The van der Waals surface area contributed by atoms with Crippen LogP contribution in [0.4, 0.5) is 5.69 Å². The Kier molecular flexibility index (Phi) is 7.59. The van der Waals surface area contributed by atoms with Crippen molar-refractivity contribution < 1.29 is 19.1 Å². The Hall–Kier alpha value is -3.11. The number of ether oxygens (including phenoxy) is 1. The SMILES string of the molecule is CSc1ccc(C(=O)CCC(=O)OCC(=O)Nc2cccc(C#N)c2)cc1. The number of thioether (sulfide) groups is 1. The van der Waals surface area contributed by atoms with Crippen LogP contribution in [0.3, 0.4) is 0 Å². The second-order valence-corrected chi connectivity index (χ2v) is 6.43. The number of nitriles is 1. The van der Waals surface area contributed by atoms with Crippen molar-refractivity contribution in [2.75, 3.05) is 18.2 Å². The highest BCUT2D eigenvalue weighted by Gasteiger charge is 2.12. The van der Waals surface area contributed by atoms with Crippen molar-refractivity contribution >= 4 is 35.1 Å². The predicted octanol–water partition coefficient (Wildman–Crippen LogP) is 3.42. The lowest BCUT2D eigenvalue weighted by Gasteiger charge is -2.07. The van der Waals surface area contributed by atoms with Crippen LogP contribution in [0.1, 0.15) is 28.8 Å². The summed E-state index contributed by atoms with van der Waals surface area (Å²) in [6.07, 6.45) is 1.87. The van der Waals surface area contributed by atoms with Crippen molar-refractivity contribution in [3.05, 3.63) is 59.7 Å². The molecule has 2 rings (SSSR count). The number of nitrogens with one attached hydrogen (secondary N) is 1. The molecule has 0 aliphatic rings. The molecule has 27 heavy (non-hydrogen) atoms. The third kappa shape index (κ3) is 6.60. The highest BCUT2D eigenvalue weighted by molar-refractivity contribution is 7.98. The molecule has 0 saturated heterocycles. The van der Waals surface area contributed by atoms with Gasteiger partial charge < -0.3 is 10.1 Å². The van der Waals surface area contributed by atoms with Crippen LogP contribution < -0.4 is 5.32 Å². The summed E-state index contributed by atoms with van der Waals surface area (Å²) in [6, 6.07) is 15.5. The van der Waals surface area contributed by atoms with Gasteiger partial charge in [0.05, 0.1) is 18.1 Å². The van der Waals surface area contributed by atoms with E-state index in [9.17, 15) is 14.4 Å². The number of nitrogens with zero attached hydrogens (tertiary/aromatic N) is 1. The van der Waals surface area contributed by atoms with Gasteiger partial charge in [0.2, 0.25) is 0 Å². The second kappa shape index (κ2) is 10.1. The molecule has 0 heterocycles. The van der Waals surface area contributed by atoms with E-state index in [0.717, 1.165) is 4.90 Å². The number of Topliss-reactive ketones (excluding diaryl/α,β-unsaturated/α-hetero) is 1. The van der Waals surface area contributed by atoms with Crippen LogP contribution in [0.5, 0.6) is 0 Å². The van der Waals surface area contributed by atoms with E-state index >= 15 is 0 Å². The number of ketones is 1. The summed E-state index contributed by atoms with van der Waals surface area (Å²) in [4.78, 5) is 36.7. The summed E-state index contributed by atoms with van der Waals surface area (Å²) in [6.45, 7) is -0.452. The van der Waals surface area contributed by atoms with E-state index in [2.05, 4.69) is 5.32 Å². The number of hydrogen-bond acceptors (Lipinski definition) is 6. The molecular formula is C20H18N2O4S.